The minimum absolute atomic E-state index is 0.00208. The average molecular weight is 370 g/mol. The van der Waals surface area contributed by atoms with Crippen molar-refractivity contribution in [1.82, 2.24) is 0 Å². The molecule has 0 saturated heterocycles. The van der Waals surface area contributed by atoms with Crippen molar-refractivity contribution in [1.29, 1.82) is 10.5 Å². The van der Waals surface area contributed by atoms with Crippen molar-refractivity contribution in [2.24, 2.45) is 0 Å². The van der Waals surface area contributed by atoms with E-state index >= 15 is 0 Å². The fourth-order valence-corrected chi connectivity index (χ4v) is 2.64. The summed E-state index contributed by atoms with van der Waals surface area (Å²) in [6.07, 6.45) is 1.51. The summed E-state index contributed by atoms with van der Waals surface area (Å²) in [5.41, 5.74) is 0.719. The van der Waals surface area contributed by atoms with Gasteiger partial charge in [-0.3, -0.25) is 0 Å². The lowest BCUT2D eigenvalue weighted by Gasteiger charge is -2.14. The molecule has 0 spiro atoms. The maximum absolute atomic E-state index is 8.79. The highest BCUT2D eigenvalue weighted by Gasteiger charge is 2.11. The number of benzene rings is 1. The van der Waals surface area contributed by atoms with Crippen LogP contribution < -0.4 is 4.74 Å². The van der Waals surface area contributed by atoms with Gasteiger partial charge in [-0.05, 0) is 48.0 Å². The predicted octanol–water partition coefficient (Wildman–Crippen LogP) is 4.43. The smallest absolute Gasteiger partial charge is 0.141 e. The molecule has 1 rings (SSSR count). The number of nitriles is 2. The molecule has 0 aliphatic heterocycles. The number of ether oxygens (including phenoxy) is 1. The van der Waals surface area contributed by atoms with E-state index in [-0.39, 0.29) is 11.7 Å². The van der Waals surface area contributed by atoms with Gasteiger partial charge in [0, 0.05) is 10.0 Å². The van der Waals surface area contributed by atoms with E-state index in [1.807, 2.05) is 32.1 Å². The summed E-state index contributed by atoms with van der Waals surface area (Å²) in [7, 11) is 0. The molecule has 0 aliphatic carbocycles. The van der Waals surface area contributed by atoms with Gasteiger partial charge in [-0.15, -0.1) is 0 Å². The number of halogens is 2. The molecular weight excluding hydrogens is 360 g/mol. The molecule has 5 heteroatoms. The second-order valence-corrected chi connectivity index (χ2v) is 5.52. The molecule has 3 nitrogen and oxygen atoms in total. The maximum atomic E-state index is 8.79. The van der Waals surface area contributed by atoms with Crippen LogP contribution in [-0.2, 0) is 0 Å². The zero-order chi connectivity index (χ0) is 13.7. The Kier molecular flexibility index (Phi) is 5.40. The van der Waals surface area contributed by atoms with Crippen LogP contribution in [0.25, 0.3) is 6.08 Å². The molecule has 0 aromatic heterocycles. The highest BCUT2D eigenvalue weighted by atomic mass is 79.9. The molecule has 0 N–H and O–H groups in total. The fourth-order valence-electron chi connectivity index (χ4n) is 1.29. The molecule has 0 fully saturated rings. The van der Waals surface area contributed by atoms with Crippen LogP contribution in [0.3, 0.4) is 0 Å². The predicted molar refractivity (Wildman–Crippen MR) is 76.8 cm³/mol. The summed E-state index contributed by atoms with van der Waals surface area (Å²) >= 11 is 6.78. The molecule has 0 amide bonds. The lowest BCUT2D eigenvalue weighted by Crippen LogP contribution is -2.07. The minimum Gasteiger partial charge on any atom is -0.489 e. The first kappa shape index (κ1) is 14.8. The zero-order valence-electron chi connectivity index (χ0n) is 9.87. The lowest BCUT2D eigenvalue weighted by molar-refractivity contribution is 0.240. The first-order valence-electron chi connectivity index (χ1n) is 5.15. The summed E-state index contributed by atoms with van der Waals surface area (Å²) in [6.45, 7) is 3.83. The summed E-state index contributed by atoms with van der Waals surface area (Å²) < 4.78 is 7.30. The van der Waals surface area contributed by atoms with Gasteiger partial charge in [-0.25, -0.2) is 0 Å². The van der Waals surface area contributed by atoms with Crippen LogP contribution in [0.1, 0.15) is 19.4 Å². The van der Waals surface area contributed by atoms with Gasteiger partial charge in [0.2, 0.25) is 0 Å². The molecule has 0 saturated carbocycles. The summed E-state index contributed by atoms with van der Waals surface area (Å²) in [5.74, 6) is 0.621. The number of hydrogen-bond donors (Lipinski definition) is 0. The third-order valence-electron chi connectivity index (χ3n) is 1.93. The van der Waals surface area contributed by atoms with Gasteiger partial charge in [0.05, 0.1) is 10.6 Å². The van der Waals surface area contributed by atoms with E-state index in [0.29, 0.717) is 11.3 Å². The quantitative estimate of drug-likeness (QED) is 0.740. The van der Waals surface area contributed by atoms with E-state index in [1.54, 1.807) is 6.07 Å². The number of allylic oxidation sites excluding steroid dienone is 1. The highest BCUT2D eigenvalue weighted by molar-refractivity contribution is 9.11. The Hall–Kier alpha value is -1.30. The standard InChI is InChI=1S/C13H10Br2N2O/c1-8(2)18-13-10(3-9(6-16)7-17)4-11(14)5-12(13)15/h3-5,8H,1-2H3. The van der Waals surface area contributed by atoms with Gasteiger partial charge in [0.15, 0.2) is 0 Å². The first-order chi connectivity index (χ1) is 8.47. The number of rotatable bonds is 3. The second kappa shape index (κ2) is 6.58. The molecule has 0 radical (unpaired) electrons. The summed E-state index contributed by atoms with van der Waals surface area (Å²) in [4.78, 5) is 0. The Labute approximate surface area is 123 Å². The van der Waals surface area contributed by atoms with Gasteiger partial charge in [0.1, 0.15) is 23.5 Å². The van der Waals surface area contributed by atoms with E-state index < -0.39 is 0 Å². The Morgan fingerprint density at radius 2 is 1.89 bits per heavy atom. The largest absolute Gasteiger partial charge is 0.489 e. The average Bonchev–Trinajstić information content (AvgIpc) is 2.29. The van der Waals surface area contributed by atoms with Gasteiger partial charge in [-0.2, -0.15) is 10.5 Å². The molecule has 1 aromatic carbocycles. The van der Waals surface area contributed by atoms with Crippen molar-refractivity contribution in [3.8, 4) is 17.9 Å². The van der Waals surface area contributed by atoms with E-state index in [4.69, 9.17) is 15.3 Å². The molecular formula is C13H10Br2N2O. The van der Waals surface area contributed by atoms with Crippen LogP contribution >= 0.6 is 31.9 Å². The molecule has 1 aromatic rings. The third kappa shape index (κ3) is 3.87. The second-order valence-electron chi connectivity index (χ2n) is 3.75. The van der Waals surface area contributed by atoms with Crippen molar-refractivity contribution in [2.75, 3.05) is 0 Å². The van der Waals surface area contributed by atoms with Gasteiger partial charge in [-0.1, -0.05) is 15.9 Å². The summed E-state index contributed by atoms with van der Waals surface area (Å²) in [5, 5.41) is 17.6. The van der Waals surface area contributed by atoms with Crippen molar-refractivity contribution in [3.63, 3.8) is 0 Å². The summed E-state index contributed by atoms with van der Waals surface area (Å²) in [6, 6.07) is 7.32. The molecule has 18 heavy (non-hydrogen) atoms. The molecule has 0 atom stereocenters. The minimum atomic E-state index is 0.00208. The van der Waals surface area contributed by atoms with Crippen LogP contribution in [-0.4, -0.2) is 6.10 Å². The van der Waals surface area contributed by atoms with Crippen LogP contribution in [0.5, 0.6) is 5.75 Å². The van der Waals surface area contributed by atoms with E-state index in [2.05, 4.69) is 31.9 Å². The third-order valence-corrected chi connectivity index (χ3v) is 2.98. The van der Waals surface area contributed by atoms with Crippen LogP contribution in [0, 0.1) is 22.7 Å². The van der Waals surface area contributed by atoms with Crippen molar-refractivity contribution >= 4 is 37.9 Å². The Morgan fingerprint density at radius 1 is 1.28 bits per heavy atom. The van der Waals surface area contributed by atoms with Crippen LogP contribution in [0.4, 0.5) is 0 Å². The number of nitrogens with zero attached hydrogens (tertiary/aromatic N) is 2. The van der Waals surface area contributed by atoms with E-state index in [1.165, 1.54) is 6.08 Å². The van der Waals surface area contributed by atoms with Gasteiger partial charge >= 0.3 is 0 Å². The number of hydrogen-bond acceptors (Lipinski definition) is 3. The SMILES string of the molecule is CC(C)Oc1c(Br)cc(Br)cc1C=C(C#N)C#N. The molecule has 0 heterocycles. The van der Waals surface area contributed by atoms with E-state index in [0.717, 1.165) is 8.95 Å². The van der Waals surface area contributed by atoms with E-state index in [9.17, 15) is 0 Å². The molecule has 92 valence electrons. The van der Waals surface area contributed by atoms with Crippen molar-refractivity contribution in [3.05, 3.63) is 32.2 Å². The molecule has 0 unspecified atom stereocenters. The Bertz CT molecular complexity index is 550. The van der Waals surface area contributed by atoms with Gasteiger partial charge in [0.25, 0.3) is 0 Å². The first-order valence-corrected chi connectivity index (χ1v) is 6.74. The topological polar surface area (TPSA) is 56.8 Å². The highest BCUT2D eigenvalue weighted by Crippen LogP contribution is 2.34. The van der Waals surface area contributed by atoms with Crippen molar-refractivity contribution in [2.45, 2.75) is 20.0 Å². The Balaban J connectivity index is 3.38. The van der Waals surface area contributed by atoms with Crippen LogP contribution in [0.15, 0.2) is 26.7 Å². The maximum Gasteiger partial charge on any atom is 0.141 e. The molecule has 0 bridgehead atoms. The normalized spacial score (nSPS) is 9.50. The lowest BCUT2D eigenvalue weighted by atomic mass is 10.1. The molecule has 0 aliphatic rings. The Morgan fingerprint density at radius 3 is 2.39 bits per heavy atom. The monoisotopic (exact) mass is 368 g/mol. The van der Waals surface area contributed by atoms with Crippen molar-refractivity contribution < 1.29 is 4.74 Å². The fraction of sp³-hybridized carbons (Fsp3) is 0.231. The zero-order valence-corrected chi connectivity index (χ0v) is 13.0. The van der Waals surface area contributed by atoms with Gasteiger partial charge < -0.3 is 4.74 Å². The van der Waals surface area contributed by atoms with Crippen LogP contribution in [0.2, 0.25) is 0 Å².